The second kappa shape index (κ2) is 9.89. The average Bonchev–Trinajstić information content (AvgIpc) is 2.54. The van der Waals surface area contributed by atoms with Crippen LogP contribution in [0.3, 0.4) is 0 Å². The van der Waals surface area contributed by atoms with Crippen molar-refractivity contribution in [1.29, 1.82) is 0 Å². The standard InChI is InChI=1S/C20H35NO/c1-6-9-17(15(4)7-2)13-19(22-5)14-18-11-10-16(8-3)12-20(18)21/h10-12,15,17,19H,6-9,13-14,21H2,1-5H3. The summed E-state index contributed by atoms with van der Waals surface area (Å²) in [4.78, 5) is 0. The lowest BCUT2D eigenvalue weighted by atomic mass is 9.82. The van der Waals surface area contributed by atoms with Crippen LogP contribution in [0.25, 0.3) is 0 Å². The van der Waals surface area contributed by atoms with E-state index in [-0.39, 0.29) is 6.10 Å². The molecule has 1 aromatic carbocycles. The van der Waals surface area contributed by atoms with Crippen LogP contribution in [0.15, 0.2) is 18.2 Å². The Bertz CT molecular complexity index is 430. The highest BCUT2D eigenvalue weighted by Gasteiger charge is 2.21. The van der Waals surface area contributed by atoms with Crippen LogP contribution in [0.5, 0.6) is 0 Å². The van der Waals surface area contributed by atoms with Gasteiger partial charge in [0.15, 0.2) is 0 Å². The number of ether oxygens (including phenoxy) is 1. The van der Waals surface area contributed by atoms with E-state index in [2.05, 4.69) is 45.9 Å². The Morgan fingerprint density at radius 1 is 1.18 bits per heavy atom. The molecule has 2 heteroatoms. The molecule has 0 aromatic heterocycles. The smallest absolute Gasteiger partial charge is 0.0615 e. The molecule has 126 valence electrons. The Kier molecular flexibility index (Phi) is 8.55. The summed E-state index contributed by atoms with van der Waals surface area (Å²) in [6.07, 6.45) is 7.13. The van der Waals surface area contributed by atoms with Gasteiger partial charge in [0.05, 0.1) is 6.10 Å². The van der Waals surface area contributed by atoms with Crippen molar-refractivity contribution >= 4 is 5.69 Å². The number of nitrogen functional groups attached to an aromatic ring is 1. The first-order valence-electron chi connectivity index (χ1n) is 8.95. The van der Waals surface area contributed by atoms with Gasteiger partial charge in [-0.1, -0.05) is 59.1 Å². The van der Waals surface area contributed by atoms with E-state index in [0.717, 1.165) is 36.8 Å². The highest BCUT2D eigenvalue weighted by Crippen LogP contribution is 2.28. The summed E-state index contributed by atoms with van der Waals surface area (Å²) in [5.41, 5.74) is 9.66. The summed E-state index contributed by atoms with van der Waals surface area (Å²) in [6.45, 7) is 9.10. The van der Waals surface area contributed by atoms with E-state index in [9.17, 15) is 0 Å². The predicted octanol–water partition coefficient (Wildman–Crippen LogP) is 5.24. The normalized spacial score (nSPS) is 15.5. The molecular weight excluding hydrogens is 270 g/mol. The van der Waals surface area contributed by atoms with E-state index >= 15 is 0 Å². The summed E-state index contributed by atoms with van der Waals surface area (Å²) in [5, 5.41) is 0. The van der Waals surface area contributed by atoms with E-state index < -0.39 is 0 Å². The second-order valence-electron chi connectivity index (χ2n) is 6.62. The van der Waals surface area contributed by atoms with Crippen LogP contribution in [-0.4, -0.2) is 13.2 Å². The molecule has 3 unspecified atom stereocenters. The van der Waals surface area contributed by atoms with Crippen molar-refractivity contribution in [3.63, 3.8) is 0 Å². The van der Waals surface area contributed by atoms with Crippen LogP contribution in [-0.2, 0) is 17.6 Å². The topological polar surface area (TPSA) is 35.2 Å². The fourth-order valence-electron chi connectivity index (χ4n) is 3.23. The number of anilines is 1. The van der Waals surface area contributed by atoms with Crippen molar-refractivity contribution < 1.29 is 4.74 Å². The highest BCUT2D eigenvalue weighted by molar-refractivity contribution is 5.49. The molecule has 0 heterocycles. The van der Waals surface area contributed by atoms with Crippen LogP contribution in [0.4, 0.5) is 5.69 Å². The molecule has 0 saturated heterocycles. The first-order chi connectivity index (χ1) is 10.5. The maximum absolute atomic E-state index is 6.22. The number of methoxy groups -OCH3 is 1. The van der Waals surface area contributed by atoms with E-state index in [1.807, 2.05) is 7.11 Å². The monoisotopic (exact) mass is 305 g/mol. The van der Waals surface area contributed by atoms with Gasteiger partial charge < -0.3 is 10.5 Å². The lowest BCUT2D eigenvalue weighted by molar-refractivity contribution is 0.0687. The van der Waals surface area contributed by atoms with Gasteiger partial charge in [-0.3, -0.25) is 0 Å². The molecule has 3 atom stereocenters. The minimum atomic E-state index is 0.264. The van der Waals surface area contributed by atoms with Crippen LogP contribution in [0, 0.1) is 11.8 Å². The van der Waals surface area contributed by atoms with Crippen LogP contribution >= 0.6 is 0 Å². The summed E-state index contributed by atoms with van der Waals surface area (Å²) in [7, 11) is 1.83. The van der Waals surface area contributed by atoms with E-state index in [0.29, 0.717) is 0 Å². The van der Waals surface area contributed by atoms with Crippen molar-refractivity contribution in [3.05, 3.63) is 29.3 Å². The highest BCUT2D eigenvalue weighted by atomic mass is 16.5. The molecule has 2 nitrogen and oxygen atoms in total. The Labute approximate surface area is 137 Å². The number of rotatable bonds is 10. The number of nitrogens with two attached hydrogens (primary N) is 1. The molecule has 22 heavy (non-hydrogen) atoms. The van der Waals surface area contributed by atoms with Crippen molar-refractivity contribution in [1.82, 2.24) is 0 Å². The zero-order valence-electron chi connectivity index (χ0n) is 15.2. The molecule has 0 aliphatic rings. The van der Waals surface area contributed by atoms with Crippen LogP contribution < -0.4 is 5.73 Å². The maximum Gasteiger partial charge on any atom is 0.0615 e. The molecule has 0 aliphatic carbocycles. The van der Waals surface area contributed by atoms with Gasteiger partial charge in [0.2, 0.25) is 0 Å². The third-order valence-corrected chi connectivity index (χ3v) is 5.07. The van der Waals surface area contributed by atoms with Crippen molar-refractivity contribution in [3.8, 4) is 0 Å². The second-order valence-corrected chi connectivity index (χ2v) is 6.62. The molecule has 0 bridgehead atoms. The summed E-state index contributed by atoms with van der Waals surface area (Å²) < 4.78 is 5.78. The minimum Gasteiger partial charge on any atom is -0.398 e. The SMILES string of the molecule is CCCC(CC(Cc1ccc(CC)cc1N)OC)C(C)CC. The average molecular weight is 306 g/mol. The fourth-order valence-corrected chi connectivity index (χ4v) is 3.23. The molecule has 2 N–H and O–H groups in total. The van der Waals surface area contributed by atoms with Crippen molar-refractivity contribution in [2.75, 3.05) is 12.8 Å². The third kappa shape index (κ3) is 5.64. The fraction of sp³-hybridized carbons (Fsp3) is 0.700. The number of benzene rings is 1. The van der Waals surface area contributed by atoms with E-state index in [4.69, 9.17) is 10.5 Å². The Hall–Kier alpha value is -1.02. The first-order valence-corrected chi connectivity index (χ1v) is 8.95. The first kappa shape index (κ1) is 19.0. The van der Waals surface area contributed by atoms with Gasteiger partial charge in [0.1, 0.15) is 0 Å². The molecule has 0 spiro atoms. The van der Waals surface area contributed by atoms with Gasteiger partial charge in [-0.05, 0) is 41.9 Å². The Balaban J connectivity index is 2.75. The lowest BCUT2D eigenvalue weighted by Gasteiger charge is -2.27. The summed E-state index contributed by atoms with van der Waals surface area (Å²) in [5.74, 6) is 1.51. The summed E-state index contributed by atoms with van der Waals surface area (Å²) >= 11 is 0. The minimum absolute atomic E-state index is 0.264. The molecule has 0 radical (unpaired) electrons. The van der Waals surface area contributed by atoms with Crippen molar-refractivity contribution in [2.24, 2.45) is 11.8 Å². The van der Waals surface area contributed by atoms with Crippen LogP contribution in [0.2, 0.25) is 0 Å². The molecule has 1 aromatic rings. The number of aryl methyl sites for hydroxylation is 1. The quantitative estimate of drug-likeness (QED) is 0.600. The molecule has 1 rings (SSSR count). The van der Waals surface area contributed by atoms with Gasteiger partial charge in [-0.25, -0.2) is 0 Å². The molecule has 0 aliphatic heterocycles. The molecular formula is C20H35NO. The van der Waals surface area contributed by atoms with Gasteiger partial charge in [0, 0.05) is 19.2 Å². The zero-order chi connectivity index (χ0) is 16.5. The zero-order valence-corrected chi connectivity index (χ0v) is 15.2. The number of hydrogen-bond donors (Lipinski definition) is 1. The Morgan fingerprint density at radius 3 is 2.41 bits per heavy atom. The molecule has 0 saturated carbocycles. The third-order valence-electron chi connectivity index (χ3n) is 5.07. The van der Waals surface area contributed by atoms with Crippen LogP contribution in [0.1, 0.15) is 64.5 Å². The number of hydrogen-bond acceptors (Lipinski definition) is 2. The van der Waals surface area contributed by atoms with E-state index in [1.54, 1.807) is 0 Å². The lowest BCUT2D eigenvalue weighted by Crippen LogP contribution is -2.23. The van der Waals surface area contributed by atoms with Gasteiger partial charge >= 0.3 is 0 Å². The van der Waals surface area contributed by atoms with Gasteiger partial charge in [0.25, 0.3) is 0 Å². The van der Waals surface area contributed by atoms with Crippen molar-refractivity contribution in [2.45, 2.75) is 72.3 Å². The largest absolute Gasteiger partial charge is 0.398 e. The summed E-state index contributed by atoms with van der Waals surface area (Å²) in [6, 6.07) is 6.48. The van der Waals surface area contributed by atoms with Gasteiger partial charge in [-0.15, -0.1) is 0 Å². The molecule has 0 fully saturated rings. The predicted molar refractivity (Wildman–Crippen MR) is 97.2 cm³/mol. The van der Waals surface area contributed by atoms with Gasteiger partial charge in [-0.2, -0.15) is 0 Å². The van der Waals surface area contributed by atoms with E-state index in [1.165, 1.54) is 30.4 Å². The Morgan fingerprint density at radius 2 is 1.91 bits per heavy atom. The maximum atomic E-state index is 6.22. The molecule has 0 amide bonds.